The molecule has 2 aromatic carbocycles. The lowest BCUT2D eigenvalue weighted by Gasteiger charge is -2.34. The monoisotopic (exact) mass is 516 g/mol. The fourth-order valence-electron chi connectivity index (χ4n) is 6.12. The van der Waals surface area contributed by atoms with E-state index in [-0.39, 0.29) is 23.3 Å². The predicted octanol–water partition coefficient (Wildman–Crippen LogP) is 7.04. The summed E-state index contributed by atoms with van der Waals surface area (Å²) in [6.45, 7) is 18.0. The number of fused-ring (bicyclic) bond motifs is 2. The fourth-order valence-corrected chi connectivity index (χ4v) is 6.12. The van der Waals surface area contributed by atoms with Crippen LogP contribution in [0.3, 0.4) is 0 Å². The first-order chi connectivity index (χ1) is 17.8. The lowest BCUT2D eigenvalue weighted by Crippen LogP contribution is -2.41. The zero-order valence-corrected chi connectivity index (χ0v) is 23.9. The van der Waals surface area contributed by atoms with Crippen molar-refractivity contribution in [2.75, 3.05) is 13.2 Å². The fraction of sp³-hybridized carbons (Fsp3) is 0.500. The maximum Gasteiger partial charge on any atom is 0.163 e. The third-order valence-electron chi connectivity index (χ3n) is 8.55. The largest absolute Gasteiger partial charge is 0.348 e. The van der Waals surface area contributed by atoms with E-state index in [9.17, 15) is 0 Å². The number of ether oxygens (including phenoxy) is 4. The zero-order valence-electron chi connectivity index (χ0n) is 23.9. The van der Waals surface area contributed by atoms with Crippen LogP contribution < -0.4 is 0 Å². The van der Waals surface area contributed by atoms with Crippen molar-refractivity contribution in [3.05, 3.63) is 60.9 Å². The Morgan fingerprint density at radius 3 is 1.34 bits per heavy atom. The van der Waals surface area contributed by atoms with Crippen LogP contribution in [0.5, 0.6) is 0 Å². The van der Waals surface area contributed by atoms with Gasteiger partial charge in [-0.05, 0) is 67.5 Å². The first-order valence-electron chi connectivity index (χ1n) is 13.7. The van der Waals surface area contributed by atoms with Crippen LogP contribution in [-0.2, 0) is 30.0 Å². The lowest BCUT2D eigenvalue weighted by molar-refractivity contribution is -0.149. The van der Waals surface area contributed by atoms with Gasteiger partial charge in [-0.25, -0.2) is 0 Å². The molecule has 202 valence electrons. The SMILES string of the molecule is CC1(C)OC[C@@H](C(C)(C)n2cc(-c3cn(C(C)(C)[C@@H]4COC(C)(C)O4)c4ccccc34)c3ccccc32)O1. The molecule has 2 saturated heterocycles. The molecule has 2 aliphatic heterocycles. The van der Waals surface area contributed by atoms with Crippen LogP contribution in [0.1, 0.15) is 55.4 Å². The number of rotatable bonds is 5. The Balaban J connectivity index is 1.51. The molecule has 0 N–H and O–H groups in total. The quantitative estimate of drug-likeness (QED) is 0.286. The Morgan fingerprint density at radius 2 is 1.00 bits per heavy atom. The Labute approximate surface area is 225 Å². The summed E-state index contributed by atoms with van der Waals surface area (Å²) in [5.74, 6) is -1.15. The van der Waals surface area contributed by atoms with Crippen molar-refractivity contribution < 1.29 is 18.9 Å². The molecule has 2 fully saturated rings. The number of benzene rings is 2. The van der Waals surface area contributed by atoms with E-state index < -0.39 is 11.6 Å². The van der Waals surface area contributed by atoms with Crippen molar-refractivity contribution in [1.29, 1.82) is 0 Å². The van der Waals surface area contributed by atoms with Gasteiger partial charge in [-0.15, -0.1) is 0 Å². The Morgan fingerprint density at radius 1 is 0.632 bits per heavy atom. The smallest absolute Gasteiger partial charge is 0.163 e. The van der Waals surface area contributed by atoms with Crippen LogP contribution in [0.2, 0.25) is 0 Å². The summed E-state index contributed by atoms with van der Waals surface area (Å²) in [6, 6.07) is 17.3. The van der Waals surface area contributed by atoms with Crippen molar-refractivity contribution in [1.82, 2.24) is 9.13 Å². The highest BCUT2D eigenvalue weighted by molar-refractivity contribution is 6.05. The second kappa shape index (κ2) is 8.43. The molecule has 0 aliphatic carbocycles. The lowest BCUT2D eigenvalue weighted by atomic mass is 9.97. The summed E-state index contributed by atoms with van der Waals surface area (Å²) in [5, 5.41) is 2.45. The van der Waals surface area contributed by atoms with Gasteiger partial charge in [-0.3, -0.25) is 0 Å². The van der Waals surface area contributed by atoms with E-state index in [1.165, 1.54) is 32.9 Å². The van der Waals surface area contributed by atoms with Gasteiger partial charge < -0.3 is 28.1 Å². The van der Waals surface area contributed by atoms with Gasteiger partial charge in [0.25, 0.3) is 0 Å². The van der Waals surface area contributed by atoms with Crippen LogP contribution in [0.4, 0.5) is 0 Å². The van der Waals surface area contributed by atoms with Crippen LogP contribution in [-0.4, -0.2) is 46.1 Å². The zero-order chi connectivity index (χ0) is 27.1. The average molecular weight is 517 g/mol. The molecular formula is C32H40N2O4. The van der Waals surface area contributed by atoms with E-state index in [0.29, 0.717) is 13.2 Å². The molecule has 0 unspecified atom stereocenters. The van der Waals surface area contributed by atoms with Crippen LogP contribution in [0, 0.1) is 0 Å². The molecule has 0 bridgehead atoms. The molecule has 6 nitrogen and oxygen atoms in total. The van der Waals surface area contributed by atoms with Crippen LogP contribution >= 0.6 is 0 Å². The maximum absolute atomic E-state index is 6.35. The minimum absolute atomic E-state index is 0.0655. The number of para-hydroxylation sites is 2. The minimum Gasteiger partial charge on any atom is -0.348 e. The number of hydrogen-bond acceptors (Lipinski definition) is 4. The molecule has 0 amide bonds. The Hall–Kier alpha value is -2.64. The second-order valence-electron chi connectivity index (χ2n) is 12.8. The van der Waals surface area contributed by atoms with Crippen molar-refractivity contribution >= 4 is 21.8 Å². The molecule has 0 saturated carbocycles. The molecule has 38 heavy (non-hydrogen) atoms. The van der Waals surface area contributed by atoms with E-state index in [0.717, 1.165) is 0 Å². The highest BCUT2D eigenvalue weighted by Gasteiger charge is 2.45. The summed E-state index contributed by atoms with van der Waals surface area (Å²) in [7, 11) is 0. The van der Waals surface area contributed by atoms with Crippen molar-refractivity contribution in [2.24, 2.45) is 0 Å². The molecular weight excluding hydrogens is 476 g/mol. The van der Waals surface area contributed by atoms with Gasteiger partial charge in [0.15, 0.2) is 11.6 Å². The van der Waals surface area contributed by atoms with Gasteiger partial charge in [0, 0.05) is 45.3 Å². The summed E-state index contributed by atoms with van der Waals surface area (Å²) < 4.78 is 29.4. The van der Waals surface area contributed by atoms with E-state index >= 15 is 0 Å². The van der Waals surface area contributed by atoms with Crippen molar-refractivity contribution in [3.8, 4) is 11.1 Å². The molecule has 6 heteroatoms. The van der Waals surface area contributed by atoms with Gasteiger partial charge in [0.2, 0.25) is 0 Å². The number of nitrogens with zero attached hydrogens (tertiary/aromatic N) is 2. The van der Waals surface area contributed by atoms with E-state index in [1.54, 1.807) is 0 Å². The molecule has 6 rings (SSSR count). The molecule has 0 spiro atoms. The van der Waals surface area contributed by atoms with E-state index in [1.807, 2.05) is 27.7 Å². The molecule has 2 aromatic heterocycles. The Bertz CT molecular complexity index is 1390. The molecule has 4 aromatic rings. The highest BCUT2D eigenvalue weighted by Crippen LogP contribution is 2.43. The third kappa shape index (κ3) is 4.01. The highest BCUT2D eigenvalue weighted by atomic mass is 16.7. The Kier molecular flexibility index (Phi) is 5.68. The van der Waals surface area contributed by atoms with Gasteiger partial charge in [-0.1, -0.05) is 36.4 Å². The van der Waals surface area contributed by atoms with Crippen LogP contribution in [0.25, 0.3) is 32.9 Å². The topological polar surface area (TPSA) is 46.8 Å². The summed E-state index contributed by atoms with van der Waals surface area (Å²) in [4.78, 5) is 0. The second-order valence-corrected chi connectivity index (χ2v) is 12.8. The van der Waals surface area contributed by atoms with Gasteiger partial charge in [-0.2, -0.15) is 0 Å². The molecule has 2 aliphatic rings. The number of aromatic nitrogens is 2. The van der Waals surface area contributed by atoms with Crippen molar-refractivity contribution in [2.45, 2.75) is 90.2 Å². The summed E-state index contributed by atoms with van der Waals surface area (Å²) in [6.07, 6.45) is 4.47. The van der Waals surface area contributed by atoms with Crippen molar-refractivity contribution in [3.63, 3.8) is 0 Å². The first kappa shape index (κ1) is 25.6. The normalized spacial score (nSPS) is 23.6. The molecule has 0 radical (unpaired) electrons. The number of hydrogen-bond donors (Lipinski definition) is 0. The van der Waals surface area contributed by atoms with Gasteiger partial charge in [0.05, 0.1) is 24.3 Å². The summed E-state index contributed by atoms with van der Waals surface area (Å²) >= 11 is 0. The average Bonchev–Trinajstić information content (AvgIpc) is 3.61. The van der Waals surface area contributed by atoms with Gasteiger partial charge in [0.1, 0.15) is 12.2 Å². The van der Waals surface area contributed by atoms with E-state index in [2.05, 4.69) is 97.8 Å². The van der Waals surface area contributed by atoms with Crippen LogP contribution in [0.15, 0.2) is 60.9 Å². The summed E-state index contributed by atoms with van der Waals surface area (Å²) in [5.41, 5.74) is 4.16. The molecule has 2 atom stereocenters. The predicted molar refractivity (Wildman–Crippen MR) is 151 cm³/mol. The standard InChI is InChI=1S/C32H40N2O4/c1-29(2,27-19-35-31(5,6)37-27)33-17-23(21-13-9-11-15-25(21)33)24-18-34(26-16-12-10-14-22(24)26)30(3,4)28-20-36-32(7,8)38-28/h9-18,27-28H,19-20H2,1-8H3/t27-,28-/m0/s1. The minimum atomic E-state index is -0.576. The van der Waals surface area contributed by atoms with Gasteiger partial charge >= 0.3 is 0 Å². The third-order valence-corrected chi connectivity index (χ3v) is 8.55. The van der Waals surface area contributed by atoms with E-state index in [4.69, 9.17) is 18.9 Å². The maximum atomic E-state index is 6.35. The first-order valence-corrected chi connectivity index (χ1v) is 13.7. The molecule has 4 heterocycles.